The maximum absolute atomic E-state index is 13.0. The molecule has 0 amide bonds. The van der Waals surface area contributed by atoms with Gasteiger partial charge in [0.05, 0.1) is 0 Å². The molecule has 1 saturated carbocycles. The smallest absolute Gasteiger partial charge is 0.252 e. The molecular weight excluding hydrogens is 148 g/mol. The quantitative estimate of drug-likeness (QED) is 0.656. The Labute approximate surface area is 66.2 Å². The normalized spacial score (nSPS) is 30.3. The molecule has 66 valence electrons. The second kappa shape index (κ2) is 3.48. The number of halogens is 2. The van der Waals surface area contributed by atoms with Crippen LogP contribution in [0, 0.1) is 5.92 Å². The van der Waals surface area contributed by atoms with Crippen LogP contribution in [0.4, 0.5) is 8.78 Å². The molecule has 0 aromatic heterocycles. The zero-order chi connectivity index (χ0) is 8.32. The Balaban J connectivity index is 2.45. The van der Waals surface area contributed by atoms with Gasteiger partial charge in [0.15, 0.2) is 0 Å². The van der Waals surface area contributed by atoms with Crippen molar-refractivity contribution < 1.29 is 8.78 Å². The first-order valence-electron chi connectivity index (χ1n) is 4.19. The lowest BCUT2D eigenvalue weighted by Gasteiger charge is -2.30. The fourth-order valence-electron chi connectivity index (χ4n) is 1.66. The van der Waals surface area contributed by atoms with Gasteiger partial charge in [-0.3, -0.25) is 0 Å². The van der Waals surface area contributed by atoms with E-state index in [0.717, 1.165) is 6.42 Å². The average Bonchev–Trinajstić information content (AvgIpc) is 1.94. The van der Waals surface area contributed by atoms with Crippen LogP contribution in [0.15, 0.2) is 0 Å². The molecule has 1 nitrogen and oxygen atoms in total. The summed E-state index contributed by atoms with van der Waals surface area (Å²) in [5, 5.41) is 2.81. The molecule has 0 aromatic rings. The van der Waals surface area contributed by atoms with Crippen molar-refractivity contribution in [2.24, 2.45) is 5.92 Å². The maximum atomic E-state index is 13.0. The Morgan fingerprint density at radius 3 is 2.73 bits per heavy atom. The Hall–Kier alpha value is -0.180. The molecule has 0 saturated heterocycles. The number of hydrogen-bond acceptors (Lipinski definition) is 1. The largest absolute Gasteiger partial charge is 0.319 e. The summed E-state index contributed by atoms with van der Waals surface area (Å²) in [6, 6.07) is 0. The first-order valence-corrected chi connectivity index (χ1v) is 4.19. The van der Waals surface area contributed by atoms with Crippen LogP contribution in [0.2, 0.25) is 0 Å². The average molecular weight is 163 g/mol. The Kier molecular flexibility index (Phi) is 2.82. The van der Waals surface area contributed by atoms with Crippen molar-refractivity contribution in [3.05, 3.63) is 0 Å². The molecular formula is C8H15F2N. The topological polar surface area (TPSA) is 12.0 Å². The zero-order valence-corrected chi connectivity index (χ0v) is 6.87. The summed E-state index contributed by atoms with van der Waals surface area (Å²) in [6.07, 6.45) is 2.41. The van der Waals surface area contributed by atoms with E-state index < -0.39 is 11.8 Å². The third-order valence-electron chi connectivity index (χ3n) is 2.36. The summed E-state index contributed by atoms with van der Waals surface area (Å²) in [4.78, 5) is 0. The highest BCUT2D eigenvalue weighted by atomic mass is 19.3. The van der Waals surface area contributed by atoms with Gasteiger partial charge in [-0.15, -0.1) is 0 Å². The number of hydrogen-bond donors (Lipinski definition) is 1. The van der Waals surface area contributed by atoms with E-state index in [9.17, 15) is 8.78 Å². The van der Waals surface area contributed by atoms with Gasteiger partial charge in [0.1, 0.15) is 0 Å². The van der Waals surface area contributed by atoms with Crippen molar-refractivity contribution >= 4 is 0 Å². The van der Waals surface area contributed by atoms with Crippen LogP contribution < -0.4 is 5.32 Å². The molecule has 1 aliphatic carbocycles. The molecule has 0 aromatic carbocycles. The van der Waals surface area contributed by atoms with E-state index >= 15 is 0 Å². The number of nitrogens with one attached hydrogen (secondary N) is 1. The van der Waals surface area contributed by atoms with Crippen LogP contribution in [0.25, 0.3) is 0 Å². The molecule has 0 heterocycles. The summed E-state index contributed by atoms with van der Waals surface area (Å²) in [7, 11) is 1.73. The van der Waals surface area contributed by atoms with Crippen molar-refractivity contribution in [2.45, 2.75) is 31.6 Å². The Morgan fingerprint density at radius 2 is 2.18 bits per heavy atom. The molecule has 1 rings (SSSR count). The van der Waals surface area contributed by atoms with Crippen molar-refractivity contribution in [3.8, 4) is 0 Å². The predicted octanol–water partition coefficient (Wildman–Crippen LogP) is 2.03. The minimum atomic E-state index is -2.42. The third-order valence-corrected chi connectivity index (χ3v) is 2.36. The van der Waals surface area contributed by atoms with Gasteiger partial charge < -0.3 is 5.32 Å². The fraction of sp³-hybridized carbons (Fsp3) is 1.00. The van der Waals surface area contributed by atoms with Crippen LogP contribution in [0.1, 0.15) is 25.7 Å². The highest BCUT2D eigenvalue weighted by Gasteiger charge is 2.40. The van der Waals surface area contributed by atoms with E-state index in [2.05, 4.69) is 5.32 Å². The second-order valence-corrected chi connectivity index (χ2v) is 3.26. The minimum absolute atomic E-state index is 0.0827. The predicted molar refractivity (Wildman–Crippen MR) is 40.8 cm³/mol. The molecule has 0 spiro atoms. The fourth-order valence-corrected chi connectivity index (χ4v) is 1.66. The van der Waals surface area contributed by atoms with Crippen molar-refractivity contribution in [1.82, 2.24) is 5.32 Å². The molecule has 0 aliphatic heterocycles. The third kappa shape index (κ3) is 2.12. The van der Waals surface area contributed by atoms with Gasteiger partial charge in [-0.05, 0) is 19.9 Å². The molecule has 1 aliphatic rings. The molecule has 0 radical (unpaired) electrons. The summed E-state index contributed by atoms with van der Waals surface area (Å²) >= 11 is 0. The summed E-state index contributed by atoms with van der Waals surface area (Å²) in [5.74, 6) is -2.84. The van der Waals surface area contributed by atoms with Crippen molar-refractivity contribution in [2.75, 3.05) is 13.6 Å². The zero-order valence-electron chi connectivity index (χ0n) is 6.87. The molecule has 1 fully saturated rings. The first kappa shape index (κ1) is 8.91. The molecule has 3 heteroatoms. The highest BCUT2D eigenvalue weighted by molar-refractivity contribution is 4.82. The second-order valence-electron chi connectivity index (χ2n) is 3.26. The van der Waals surface area contributed by atoms with E-state index in [4.69, 9.17) is 0 Å². The summed E-state index contributed by atoms with van der Waals surface area (Å²) in [5.41, 5.74) is 0. The van der Waals surface area contributed by atoms with Crippen LogP contribution in [-0.4, -0.2) is 19.5 Å². The van der Waals surface area contributed by atoms with Gasteiger partial charge in [-0.2, -0.15) is 0 Å². The number of rotatable bonds is 2. The highest BCUT2D eigenvalue weighted by Crippen LogP contribution is 2.37. The van der Waals surface area contributed by atoms with Gasteiger partial charge in [0, 0.05) is 18.9 Å². The van der Waals surface area contributed by atoms with Crippen molar-refractivity contribution in [1.29, 1.82) is 0 Å². The molecule has 1 unspecified atom stereocenters. The van der Waals surface area contributed by atoms with Crippen LogP contribution in [-0.2, 0) is 0 Å². The van der Waals surface area contributed by atoms with Crippen molar-refractivity contribution in [3.63, 3.8) is 0 Å². The molecule has 1 atom stereocenters. The van der Waals surface area contributed by atoms with Crippen LogP contribution in [0.3, 0.4) is 0 Å². The Morgan fingerprint density at radius 1 is 1.45 bits per heavy atom. The van der Waals surface area contributed by atoms with Gasteiger partial charge in [-0.25, -0.2) is 8.78 Å². The molecule has 11 heavy (non-hydrogen) atoms. The monoisotopic (exact) mass is 163 g/mol. The minimum Gasteiger partial charge on any atom is -0.319 e. The van der Waals surface area contributed by atoms with Gasteiger partial charge in [-0.1, -0.05) is 6.42 Å². The van der Waals surface area contributed by atoms with E-state index in [-0.39, 0.29) is 6.42 Å². The lowest BCUT2D eigenvalue weighted by molar-refractivity contribution is -0.0837. The van der Waals surface area contributed by atoms with Gasteiger partial charge >= 0.3 is 0 Å². The van der Waals surface area contributed by atoms with Gasteiger partial charge in [0.2, 0.25) is 0 Å². The first-order chi connectivity index (χ1) is 5.17. The van der Waals surface area contributed by atoms with Crippen LogP contribution in [0.5, 0.6) is 0 Å². The summed E-state index contributed by atoms with van der Waals surface area (Å²) < 4.78 is 26.0. The van der Waals surface area contributed by atoms with Gasteiger partial charge in [0.25, 0.3) is 5.92 Å². The van der Waals surface area contributed by atoms with E-state index in [0.29, 0.717) is 19.4 Å². The standard InChI is InChI=1S/C8H15F2N/c1-11-6-7-4-2-3-5-8(7,9)10/h7,11H,2-6H2,1H3. The lowest BCUT2D eigenvalue weighted by atomic mass is 9.85. The molecule has 0 bridgehead atoms. The number of alkyl halides is 2. The van der Waals surface area contributed by atoms with E-state index in [1.165, 1.54) is 0 Å². The van der Waals surface area contributed by atoms with E-state index in [1.807, 2.05) is 0 Å². The molecule has 1 N–H and O–H groups in total. The SMILES string of the molecule is CNCC1CCCCC1(F)F. The Bertz CT molecular complexity index is 123. The summed E-state index contributed by atoms with van der Waals surface area (Å²) in [6.45, 7) is 0.451. The maximum Gasteiger partial charge on any atom is 0.252 e. The lowest BCUT2D eigenvalue weighted by Crippen LogP contribution is -2.37. The van der Waals surface area contributed by atoms with Crippen LogP contribution >= 0.6 is 0 Å². The van der Waals surface area contributed by atoms with E-state index in [1.54, 1.807) is 7.05 Å².